The van der Waals surface area contributed by atoms with Crippen molar-refractivity contribution in [1.29, 1.82) is 0 Å². The Bertz CT molecular complexity index is 206. The average molecular weight is 169 g/mol. The highest BCUT2D eigenvalue weighted by atomic mass is 16.1. The van der Waals surface area contributed by atoms with Crippen molar-refractivity contribution in [3.8, 4) is 0 Å². The smallest absolute Gasteiger partial charge is 0.150 e. The monoisotopic (exact) mass is 169 g/mol. The number of nitrogens with one attached hydrogen (secondary N) is 1. The summed E-state index contributed by atoms with van der Waals surface area (Å²) in [6, 6.07) is 0.329. The van der Waals surface area contributed by atoms with Crippen molar-refractivity contribution in [3.63, 3.8) is 0 Å². The maximum Gasteiger partial charge on any atom is 0.150 e. The lowest BCUT2D eigenvalue weighted by molar-refractivity contribution is -0.124. The number of ketones is 1. The Kier molecular flexibility index (Phi) is 1.90. The zero-order chi connectivity index (χ0) is 8.72. The number of hydrogen-bond acceptors (Lipinski definition) is 4. The quantitative estimate of drug-likeness (QED) is 0.588. The van der Waals surface area contributed by atoms with Gasteiger partial charge in [0.05, 0.1) is 0 Å². The van der Waals surface area contributed by atoms with E-state index in [1.54, 1.807) is 6.92 Å². The molecule has 2 aliphatic rings. The van der Waals surface area contributed by atoms with Crippen molar-refractivity contribution in [2.45, 2.75) is 32.4 Å². The van der Waals surface area contributed by atoms with Gasteiger partial charge in [-0.15, -0.1) is 0 Å². The van der Waals surface area contributed by atoms with Crippen LogP contribution in [-0.2, 0) is 4.79 Å². The van der Waals surface area contributed by atoms with E-state index in [-0.39, 0.29) is 17.9 Å². The van der Waals surface area contributed by atoms with Gasteiger partial charge in [-0.3, -0.25) is 4.79 Å². The van der Waals surface area contributed by atoms with Crippen molar-refractivity contribution in [2.24, 2.45) is 0 Å². The molecule has 0 radical (unpaired) electrons. The maximum absolute atomic E-state index is 11.3. The Morgan fingerprint density at radius 1 is 1.50 bits per heavy atom. The minimum atomic E-state index is 0.0625. The van der Waals surface area contributed by atoms with Gasteiger partial charge in [0.15, 0.2) is 0 Å². The molecule has 2 unspecified atom stereocenters. The average Bonchev–Trinajstić information content (AvgIpc) is 2.44. The van der Waals surface area contributed by atoms with E-state index in [4.69, 9.17) is 0 Å². The van der Waals surface area contributed by atoms with Crippen molar-refractivity contribution < 1.29 is 4.79 Å². The van der Waals surface area contributed by atoms with Gasteiger partial charge in [-0.25, -0.2) is 10.4 Å². The third-order valence-corrected chi connectivity index (χ3v) is 2.63. The van der Waals surface area contributed by atoms with Crippen LogP contribution in [0.1, 0.15) is 20.3 Å². The molecule has 1 N–H and O–H groups in total. The second kappa shape index (κ2) is 2.80. The van der Waals surface area contributed by atoms with Crippen LogP contribution in [0.25, 0.3) is 0 Å². The van der Waals surface area contributed by atoms with E-state index in [0.717, 1.165) is 19.5 Å². The van der Waals surface area contributed by atoms with E-state index >= 15 is 0 Å². The number of nitrogens with zero attached hydrogens (tertiary/aromatic N) is 2. The lowest BCUT2D eigenvalue weighted by Crippen LogP contribution is -2.41. The molecule has 12 heavy (non-hydrogen) atoms. The fourth-order valence-electron chi connectivity index (χ4n) is 2.19. The molecule has 2 fully saturated rings. The molecular formula is C8H15N3O. The van der Waals surface area contributed by atoms with Crippen LogP contribution in [0.5, 0.6) is 0 Å². The maximum atomic E-state index is 11.3. The summed E-state index contributed by atoms with van der Waals surface area (Å²) in [4.78, 5) is 11.3. The van der Waals surface area contributed by atoms with E-state index in [9.17, 15) is 4.79 Å². The molecule has 2 atom stereocenters. The third kappa shape index (κ3) is 1.07. The molecule has 0 saturated carbocycles. The minimum absolute atomic E-state index is 0.0625. The van der Waals surface area contributed by atoms with Crippen LogP contribution in [0.4, 0.5) is 0 Å². The van der Waals surface area contributed by atoms with Gasteiger partial charge in [0.2, 0.25) is 0 Å². The summed E-state index contributed by atoms with van der Waals surface area (Å²) in [5.74, 6) is 0.263. The van der Waals surface area contributed by atoms with Crippen LogP contribution < -0.4 is 5.43 Å². The van der Waals surface area contributed by atoms with Crippen molar-refractivity contribution >= 4 is 5.78 Å². The number of carbonyl (C=O) groups is 1. The molecule has 4 nitrogen and oxygen atoms in total. The van der Waals surface area contributed by atoms with Crippen LogP contribution in [0.15, 0.2) is 0 Å². The Hall–Kier alpha value is -0.450. The number of hydrazine groups is 2. The van der Waals surface area contributed by atoms with Gasteiger partial charge in [-0.05, 0) is 20.3 Å². The number of carbonyl (C=O) groups excluding carboxylic acids is 1. The number of rotatable bonds is 1. The number of fused-ring (bicyclic) bond motifs is 1. The molecule has 68 valence electrons. The SMILES string of the molecule is CC(=O)C1C(C)NN2CCCN12. The first kappa shape index (κ1) is 8.16. The fourth-order valence-corrected chi connectivity index (χ4v) is 2.19. The van der Waals surface area contributed by atoms with E-state index in [1.165, 1.54) is 0 Å². The van der Waals surface area contributed by atoms with E-state index < -0.39 is 0 Å². The van der Waals surface area contributed by atoms with E-state index in [0.29, 0.717) is 0 Å². The highest BCUT2D eigenvalue weighted by molar-refractivity contribution is 5.82. The standard InChI is InChI=1S/C8H15N3O/c1-6-8(7(2)12)10-4-3-5-11(10)9-6/h6,8-9H,3-5H2,1-2H3. The van der Waals surface area contributed by atoms with Crippen molar-refractivity contribution in [3.05, 3.63) is 0 Å². The first-order valence-electron chi connectivity index (χ1n) is 4.51. The molecule has 0 aromatic carbocycles. The lowest BCUT2D eigenvalue weighted by atomic mass is 10.1. The predicted molar refractivity (Wildman–Crippen MR) is 45.1 cm³/mol. The Balaban J connectivity index is 2.15. The molecule has 2 heterocycles. The van der Waals surface area contributed by atoms with Gasteiger partial charge in [-0.1, -0.05) is 0 Å². The molecule has 0 aromatic rings. The number of Topliss-reactive ketones (excluding diaryl/α,β-unsaturated/α-hetero) is 1. The first-order valence-corrected chi connectivity index (χ1v) is 4.51. The van der Waals surface area contributed by atoms with Gasteiger partial charge in [0.25, 0.3) is 0 Å². The highest BCUT2D eigenvalue weighted by Gasteiger charge is 2.41. The first-order chi connectivity index (χ1) is 5.70. The van der Waals surface area contributed by atoms with Crippen LogP contribution in [0.2, 0.25) is 0 Å². The molecule has 0 aromatic heterocycles. The van der Waals surface area contributed by atoms with Gasteiger partial charge >= 0.3 is 0 Å². The third-order valence-electron chi connectivity index (χ3n) is 2.63. The topological polar surface area (TPSA) is 35.6 Å². The van der Waals surface area contributed by atoms with Crippen LogP contribution in [0, 0.1) is 0 Å². The molecular weight excluding hydrogens is 154 g/mol. The van der Waals surface area contributed by atoms with Crippen LogP contribution in [-0.4, -0.2) is 41.1 Å². The summed E-state index contributed by atoms with van der Waals surface area (Å²) in [6.07, 6.45) is 1.16. The van der Waals surface area contributed by atoms with Crippen LogP contribution in [0.3, 0.4) is 0 Å². The summed E-state index contributed by atoms with van der Waals surface area (Å²) in [5.41, 5.74) is 3.29. The van der Waals surface area contributed by atoms with Crippen LogP contribution >= 0.6 is 0 Å². The van der Waals surface area contributed by atoms with E-state index in [1.807, 2.05) is 0 Å². The Morgan fingerprint density at radius 2 is 2.25 bits per heavy atom. The second-order valence-corrected chi connectivity index (χ2v) is 3.61. The molecule has 0 spiro atoms. The van der Waals surface area contributed by atoms with Gasteiger partial charge < -0.3 is 0 Å². The zero-order valence-electron chi connectivity index (χ0n) is 7.58. The fraction of sp³-hybridized carbons (Fsp3) is 0.875. The highest BCUT2D eigenvalue weighted by Crippen LogP contribution is 2.21. The van der Waals surface area contributed by atoms with E-state index in [2.05, 4.69) is 22.5 Å². The summed E-state index contributed by atoms with van der Waals surface area (Å²) in [5, 5.41) is 4.23. The molecule has 2 aliphatic heterocycles. The summed E-state index contributed by atoms with van der Waals surface area (Å²) in [7, 11) is 0. The van der Waals surface area contributed by atoms with Crippen molar-refractivity contribution in [1.82, 2.24) is 15.6 Å². The molecule has 0 amide bonds. The normalized spacial score (nSPS) is 37.2. The summed E-state index contributed by atoms with van der Waals surface area (Å²) < 4.78 is 0. The van der Waals surface area contributed by atoms with Gasteiger partial charge in [0.1, 0.15) is 11.8 Å². The predicted octanol–water partition coefficient (Wildman–Crippen LogP) is -0.227. The number of hydrogen-bond donors (Lipinski definition) is 1. The lowest BCUT2D eigenvalue weighted by Gasteiger charge is -2.21. The summed E-state index contributed by atoms with van der Waals surface area (Å²) >= 11 is 0. The Morgan fingerprint density at radius 3 is 2.92 bits per heavy atom. The largest absolute Gasteiger partial charge is 0.298 e. The second-order valence-electron chi connectivity index (χ2n) is 3.61. The molecule has 0 aliphatic carbocycles. The molecule has 2 saturated heterocycles. The van der Waals surface area contributed by atoms with Gasteiger partial charge in [-0.2, -0.15) is 5.12 Å². The summed E-state index contributed by atoms with van der Waals surface area (Å²) in [6.45, 7) is 5.78. The van der Waals surface area contributed by atoms with Gasteiger partial charge in [0, 0.05) is 19.1 Å². The molecule has 4 heteroatoms. The molecule has 0 bridgehead atoms. The zero-order valence-corrected chi connectivity index (χ0v) is 7.58. The molecule has 2 rings (SSSR count). The minimum Gasteiger partial charge on any atom is -0.298 e. The van der Waals surface area contributed by atoms with Crippen molar-refractivity contribution in [2.75, 3.05) is 13.1 Å². The Labute approximate surface area is 72.5 Å².